The van der Waals surface area contributed by atoms with Crippen molar-refractivity contribution in [3.8, 4) is 0 Å². The summed E-state index contributed by atoms with van der Waals surface area (Å²) in [6, 6.07) is 0.176. The van der Waals surface area contributed by atoms with E-state index < -0.39 is 6.09 Å². The highest BCUT2D eigenvalue weighted by Crippen LogP contribution is 2.25. The van der Waals surface area contributed by atoms with Gasteiger partial charge in [-0.2, -0.15) is 0 Å². The van der Waals surface area contributed by atoms with E-state index in [9.17, 15) is 4.79 Å². The highest BCUT2D eigenvalue weighted by Gasteiger charge is 2.23. The van der Waals surface area contributed by atoms with Gasteiger partial charge in [-0.05, 0) is 31.6 Å². The maximum atomic E-state index is 10.5. The van der Waals surface area contributed by atoms with Crippen LogP contribution in [0.2, 0.25) is 0 Å². The number of carbonyl (C=O) groups is 1. The summed E-state index contributed by atoms with van der Waals surface area (Å²) in [5.74, 6) is 0.896. The molecule has 4 nitrogen and oxygen atoms in total. The highest BCUT2D eigenvalue weighted by atomic mass is 16.4. The Morgan fingerprint density at radius 1 is 1.12 bits per heavy atom. The van der Waals surface area contributed by atoms with Crippen molar-refractivity contribution in [2.24, 2.45) is 5.92 Å². The van der Waals surface area contributed by atoms with Crippen LogP contribution in [0.25, 0.3) is 0 Å². The molecule has 1 aliphatic carbocycles. The molecule has 1 amide bonds. The molecule has 0 bridgehead atoms. The van der Waals surface area contributed by atoms with Crippen molar-refractivity contribution in [1.29, 1.82) is 0 Å². The normalized spacial score (nSPS) is 24.7. The minimum Gasteiger partial charge on any atom is -0.465 e. The van der Waals surface area contributed by atoms with Gasteiger partial charge in [-0.1, -0.05) is 19.3 Å². The van der Waals surface area contributed by atoms with Gasteiger partial charge in [0.2, 0.25) is 0 Å². The lowest BCUT2D eigenvalue weighted by molar-refractivity contribution is 0.147. The zero-order valence-corrected chi connectivity index (χ0v) is 10.5. The SMILES string of the molecule is O=C(O)NC1CCN(CC2CCCCC2)CC1. The summed E-state index contributed by atoms with van der Waals surface area (Å²) in [4.78, 5) is 13.1. The third-order valence-corrected chi connectivity index (χ3v) is 4.16. The highest BCUT2D eigenvalue weighted by molar-refractivity contribution is 5.64. The van der Waals surface area contributed by atoms with Gasteiger partial charge in [0.25, 0.3) is 0 Å². The zero-order valence-electron chi connectivity index (χ0n) is 10.5. The quantitative estimate of drug-likeness (QED) is 0.796. The van der Waals surface area contributed by atoms with E-state index in [-0.39, 0.29) is 6.04 Å². The first-order chi connectivity index (χ1) is 8.24. The van der Waals surface area contributed by atoms with Crippen LogP contribution in [0.5, 0.6) is 0 Å². The molecule has 2 aliphatic rings. The van der Waals surface area contributed by atoms with Gasteiger partial charge in [-0.25, -0.2) is 4.79 Å². The summed E-state index contributed by atoms with van der Waals surface area (Å²) < 4.78 is 0. The molecule has 1 saturated carbocycles. The van der Waals surface area contributed by atoms with Crippen molar-refractivity contribution < 1.29 is 9.90 Å². The molecular formula is C13H24N2O2. The lowest BCUT2D eigenvalue weighted by Gasteiger charge is -2.35. The van der Waals surface area contributed by atoms with E-state index in [0.29, 0.717) is 0 Å². The molecule has 98 valence electrons. The van der Waals surface area contributed by atoms with Gasteiger partial charge in [0.1, 0.15) is 0 Å². The molecule has 1 aliphatic heterocycles. The minimum absolute atomic E-state index is 0.176. The molecule has 4 heteroatoms. The van der Waals surface area contributed by atoms with Crippen LogP contribution in [0.1, 0.15) is 44.9 Å². The van der Waals surface area contributed by atoms with E-state index in [1.807, 2.05) is 0 Å². The third kappa shape index (κ3) is 4.19. The molecule has 0 unspecified atom stereocenters. The number of carboxylic acid groups (broad SMARTS) is 1. The van der Waals surface area contributed by atoms with Gasteiger partial charge in [0.15, 0.2) is 0 Å². The molecule has 0 atom stereocenters. The van der Waals surface area contributed by atoms with E-state index in [4.69, 9.17) is 5.11 Å². The summed E-state index contributed by atoms with van der Waals surface area (Å²) in [6.07, 6.45) is 8.08. The average Bonchev–Trinajstić information content (AvgIpc) is 2.32. The molecule has 0 aromatic rings. The summed E-state index contributed by atoms with van der Waals surface area (Å²) in [6.45, 7) is 3.35. The molecule has 1 heterocycles. The average molecular weight is 240 g/mol. The molecular weight excluding hydrogens is 216 g/mol. The summed E-state index contributed by atoms with van der Waals surface area (Å²) in [5.41, 5.74) is 0. The van der Waals surface area contributed by atoms with E-state index in [1.54, 1.807) is 0 Å². The van der Waals surface area contributed by atoms with Crippen LogP contribution in [0, 0.1) is 5.92 Å². The minimum atomic E-state index is -0.879. The van der Waals surface area contributed by atoms with Gasteiger partial charge >= 0.3 is 6.09 Å². The number of nitrogens with zero attached hydrogens (tertiary/aromatic N) is 1. The van der Waals surface area contributed by atoms with Gasteiger partial charge < -0.3 is 15.3 Å². The fourth-order valence-electron chi connectivity index (χ4n) is 3.17. The van der Waals surface area contributed by atoms with Crippen molar-refractivity contribution >= 4 is 6.09 Å². The number of hydrogen-bond acceptors (Lipinski definition) is 2. The summed E-state index contributed by atoms with van der Waals surface area (Å²) in [5, 5.41) is 11.3. The molecule has 2 fully saturated rings. The van der Waals surface area contributed by atoms with E-state index in [1.165, 1.54) is 38.6 Å². The number of nitrogens with one attached hydrogen (secondary N) is 1. The first kappa shape index (κ1) is 12.7. The number of rotatable bonds is 3. The maximum Gasteiger partial charge on any atom is 0.404 e. The molecule has 0 aromatic heterocycles. The fourth-order valence-corrected chi connectivity index (χ4v) is 3.17. The summed E-state index contributed by atoms with van der Waals surface area (Å²) in [7, 11) is 0. The fraction of sp³-hybridized carbons (Fsp3) is 0.923. The number of hydrogen-bond donors (Lipinski definition) is 2. The second-order valence-corrected chi connectivity index (χ2v) is 5.53. The Bertz CT molecular complexity index is 244. The molecule has 0 aromatic carbocycles. The third-order valence-electron chi connectivity index (χ3n) is 4.16. The zero-order chi connectivity index (χ0) is 12.1. The lowest BCUT2D eigenvalue weighted by atomic mass is 9.88. The second-order valence-electron chi connectivity index (χ2n) is 5.53. The standard InChI is InChI=1S/C13H24N2O2/c16-13(17)14-12-6-8-15(9-7-12)10-11-4-2-1-3-5-11/h11-12,14H,1-10H2,(H,16,17). The number of amides is 1. The molecule has 1 saturated heterocycles. The summed E-state index contributed by atoms with van der Waals surface area (Å²) >= 11 is 0. The molecule has 0 radical (unpaired) electrons. The lowest BCUT2D eigenvalue weighted by Crippen LogP contribution is -2.45. The van der Waals surface area contributed by atoms with Crippen molar-refractivity contribution in [2.45, 2.75) is 51.0 Å². The Hall–Kier alpha value is -0.770. The van der Waals surface area contributed by atoms with Crippen molar-refractivity contribution in [3.05, 3.63) is 0 Å². The Kier molecular flexibility index (Phi) is 4.66. The van der Waals surface area contributed by atoms with Gasteiger partial charge in [0.05, 0.1) is 0 Å². The van der Waals surface area contributed by atoms with Gasteiger partial charge in [0, 0.05) is 25.7 Å². The van der Waals surface area contributed by atoms with Gasteiger partial charge in [-0.3, -0.25) is 0 Å². The second kappa shape index (κ2) is 6.24. The van der Waals surface area contributed by atoms with Crippen LogP contribution in [0.15, 0.2) is 0 Å². The van der Waals surface area contributed by atoms with Crippen molar-refractivity contribution in [1.82, 2.24) is 10.2 Å². The van der Waals surface area contributed by atoms with Crippen LogP contribution in [0.4, 0.5) is 4.79 Å². The van der Waals surface area contributed by atoms with Crippen molar-refractivity contribution in [3.63, 3.8) is 0 Å². The number of likely N-dealkylation sites (tertiary alicyclic amines) is 1. The Labute approximate surface area is 103 Å². The van der Waals surface area contributed by atoms with Crippen LogP contribution in [0.3, 0.4) is 0 Å². The van der Waals surface area contributed by atoms with Crippen LogP contribution in [-0.2, 0) is 0 Å². The topological polar surface area (TPSA) is 52.6 Å². The first-order valence-corrected chi connectivity index (χ1v) is 6.96. The Balaban J connectivity index is 1.66. The van der Waals surface area contributed by atoms with Crippen LogP contribution in [-0.4, -0.2) is 41.8 Å². The van der Waals surface area contributed by atoms with Crippen LogP contribution >= 0.6 is 0 Å². The van der Waals surface area contributed by atoms with Crippen LogP contribution < -0.4 is 5.32 Å². The monoisotopic (exact) mass is 240 g/mol. The largest absolute Gasteiger partial charge is 0.465 e. The van der Waals surface area contributed by atoms with Gasteiger partial charge in [-0.15, -0.1) is 0 Å². The smallest absolute Gasteiger partial charge is 0.404 e. The molecule has 0 spiro atoms. The van der Waals surface area contributed by atoms with E-state index in [0.717, 1.165) is 31.8 Å². The Morgan fingerprint density at radius 3 is 2.35 bits per heavy atom. The first-order valence-electron chi connectivity index (χ1n) is 6.96. The molecule has 17 heavy (non-hydrogen) atoms. The predicted octanol–water partition coefficient (Wildman–Crippen LogP) is 2.30. The van der Waals surface area contributed by atoms with E-state index >= 15 is 0 Å². The van der Waals surface area contributed by atoms with E-state index in [2.05, 4.69) is 10.2 Å². The van der Waals surface area contributed by atoms with Crippen molar-refractivity contribution in [2.75, 3.05) is 19.6 Å². The Morgan fingerprint density at radius 2 is 1.76 bits per heavy atom. The maximum absolute atomic E-state index is 10.5. The molecule has 2 N–H and O–H groups in total. The predicted molar refractivity (Wildman–Crippen MR) is 67.2 cm³/mol. The number of piperidine rings is 1. The molecule has 2 rings (SSSR count).